The Morgan fingerprint density at radius 2 is 1.96 bits per heavy atom. The second-order valence-corrected chi connectivity index (χ2v) is 6.80. The van der Waals surface area contributed by atoms with Crippen LogP contribution in [0.25, 0.3) is 11.3 Å². The van der Waals surface area contributed by atoms with E-state index in [-0.39, 0.29) is 17.6 Å². The topological polar surface area (TPSA) is 71.0 Å². The van der Waals surface area contributed by atoms with Gasteiger partial charge in [-0.1, -0.05) is 6.07 Å². The van der Waals surface area contributed by atoms with E-state index in [1.54, 1.807) is 24.5 Å². The molecule has 0 spiro atoms. The van der Waals surface area contributed by atoms with E-state index in [0.717, 1.165) is 36.5 Å². The summed E-state index contributed by atoms with van der Waals surface area (Å²) in [4.78, 5) is 18.7. The quantitative estimate of drug-likeness (QED) is 0.753. The van der Waals surface area contributed by atoms with Gasteiger partial charge in [0.15, 0.2) is 5.82 Å². The lowest BCUT2D eigenvalue weighted by Crippen LogP contribution is -2.41. The van der Waals surface area contributed by atoms with Gasteiger partial charge in [-0.15, -0.1) is 10.2 Å². The normalized spacial score (nSPS) is 16.6. The number of anilines is 2. The molecule has 0 radical (unpaired) electrons. The van der Waals surface area contributed by atoms with Crippen LogP contribution < -0.4 is 10.2 Å². The Kier molecular flexibility index (Phi) is 5.23. The molecule has 28 heavy (non-hydrogen) atoms. The summed E-state index contributed by atoms with van der Waals surface area (Å²) < 4.78 is 13.3. The predicted molar refractivity (Wildman–Crippen MR) is 105 cm³/mol. The van der Waals surface area contributed by atoms with Crippen molar-refractivity contribution in [2.24, 2.45) is 5.92 Å². The van der Waals surface area contributed by atoms with E-state index in [2.05, 4.69) is 25.4 Å². The lowest BCUT2D eigenvalue weighted by atomic mass is 9.97. The van der Waals surface area contributed by atoms with E-state index in [9.17, 15) is 9.18 Å². The average Bonchev–Trinajstić information content (AvgIpc) is 2.75. The van der Waals surface area contributed by atoms with Gasteiger partial charge in [0.1, 0.15) is 5.82 Å². The fourth-order valence-electron chi connectivity index (χ4n) is 3.38. The van der Waals surface area contributed by atoms with Gasteiger partial charge >= 0.3 is 0 Å². The van der Waals surface area contributed by atoms with Crippen molar-refractivity contribution >= 4 is 17.4 Å². The maximum atomic E-state index is 13.3. The maximum absolute atomic E-state index is 13.3. The number of carbonyl (C=O) groups is 1. The van der Waals surface area contributed by atoms with Crippen LogP contribution in [0.2, 0.25) is 0 Å². The molecular formula is C21H20FN5O. The van der Waals surface area contributed by atoms with E-state index in [0.29, 0.717) is 12.2 Å². The minimum atomic E-state index is -0.368. The molecule has 3 heterocycles. The number of hydrogen-bond acceptors (Lipinski definition) is 5. The highest BCUT2D eigenvalue weighted by molar-refractivity contribution is 5.93. The van der Waals surface area contributed by atoms with Gasteiger partial charge in [-0.25, -0.2) is 4.39 Å². The second kappa shape index (κ2) is 8.12. The van der Waals surface area contributed by atoms with Crippen LogP contribution in [-0.2, 0) is 4.79 Å². The third-order valence-corrected chi connectivity index (χ3v) is 4.83. The minimum absolute atomic E-state index is 0.100. The number of pyridine rings is 1. The van der Waals surface area contributed by atoms with Crippen molar-refractivity contribution in [2.45, 2.75) is 12.8 Å². The number of halogens is 1. The Labute approximate surface area is 162 Å². The summed E-state index contributed by atoms with van der Waals surface area (Å²) in [6, 6.07) is 13.6. The lowest BCUT2D eigenvalue weighted by Gasteiger charge is -2.32. The first-order valence-corrected chi connectivity index (χ1v) is 9.24. The second-order valence-electron chi connectivity index (χ2n) is 6.80. The summed E-state index contributed by atoms with van der Waals surface area (Å²) in [5.41, 5.74) is 2.22. The smallest absolute Gasteiger partial charge is 0.229 e. The molecule has 1 amide bonds. The predicted octanol–water partition coefficient (Wildman–Crippen LogP) is 3.53. The molecule has 4 rings (SSSR count). The fraction of sp³-hybridized carbons (Fsp3) is 0.238. The summed E-state index contributed by atoms with van der Waals surface area (Å²) in [6.45, 7) is 1.39. The minimum Gasteiger partial charge on any atom is -0.354 e. The monoisotopic (exact) mass is 377 g/mol. The van der Waals surface area contributed by atoms with E-state index < -0.39 is 0 Å². The van der Waals surface area contributed by atoms with Gasteiger partial charge < -0.3 is 10.2 Å². The van der Waals surface area contributed by atoms with Gasteiger partial charge in [0.2, 0.25) is 5.91 Å². The molecule has 1 atom stereocenters. The highest BCUT2D eigenvalue weighted by atomic mass is 19.1. The van der Waals surface area contributed by atoms with Crippen LogP contribution in [0.5, 0.6) is 0 Å². The van der Waals surface area contributed by atoms with Crippen molar-refractivity contribution in [3.8, 4) is 11.3 Å². The Morgan fingerprint density at radius 1 is 1.11 bits per heavy atom. The Bertz CT molecular complexity index is 949. The highest BCUT2D eigenvalue weighted by Crippen LogP contribution is 2.24. The summed E-state index contributed by atoms with van der Waals surface area (Å²) >= 11 is 0. The molecule has 1 unspecified atom stereocenters. The van der Waals surface area contributed by atoms with Gasteiger partial charge in [-0.05, 0) is 55.3 Å². The van der Waals surface area contributed by atoms with Crippen molar-refractivity contribution in [1.29, 1.82) is 0 Å². The van der Waals surface area contributed by atoms with Crippen molar-refractivity contribution in [2.75, 3.05) is 23.3 Å². The molecular weight excluding hydrogens is 357 g/mol. The zero-order valence-electron chi connectivity index (χ0n) is 15.3. The standard InChI is InChI=1S/C21H20FN5O/c22-17-4-1-5-18(13-17)24-21(28)16-3-2-12-27(14-16)20-7-6-19(25-26-20)15-8-10-23-11-9-15/h1,4-11,13,16H,2-3,12,14H2,(H,24,28). The first-order valence-electron chi connectivity index (χ1n) is 9.24. The Balaban J connectivity index is 1.42. The summed E-state index contributed by atoms with van der Waals surface area (Å²) in [7, 11) is 0. The molecule has 1 aromatic carbocycles. The largest absolute Gasteiger partial charge is 0.354 e. The van der Waals surface area contributed by atoms with Crippen molar-refractivity contribution in [3.05, 3.63) is 66.7 Å². The van der Waals surface area contributed by atoms with Crippen molar-refractivity contribution in [3.63, 3.8) is 0 Å². The molecule has 0 bridgehead atoms. The Hall–Kier alpha value is -3.35. The average molecular weight is 377 g/mol. The van der Waals surface area contributed by atoms with Crippen LogP contribution in [0.4, 0.5) is 15.9 Å². The first kappa shape index (κ1) is 18.0. The molecule has 1 aliphatic rings. The molecule has 1 N–H and O–H groups in total. The van der Waals surface area contributed by atoms with E-state index >= 15 is 0 Å². The molecule has 142 valence electrons. The third-order valence-electron chi connectivity index (χ3n) is 4.83. The fourth-order valence-corrected chi connectivity index (χ4v) is 3.38. The van der Waals surface area contributed by atoms with Crippen LogP contribution >= 0.6 is 0 Å². The Morgan fingerprint density at radius 3 is 2.71 bits per heavy atom. The van der Waals surface area contributed by atoms with E-state index in [1.165, 1.54) is 12.1 Å². The molecule has 2 aromatic heterocycles. The van der Waals surface area contributed by atoms with Gasteiger partial charge in [-0.3, -0.25) is 9.78 Å². The van der Waals surface area contributed by atoms with Crippen LogP contribution in [0, 0.1) is 11.7 Å². The number of nitrogens with one attached hydrogen (secondary N) is 1. The van der Waals surface area contributed by atoms with E-state index in [4.69, 9.17) is 0 Å². The number of nitrogens with zero attached hydrogens (tertiary/aromatic N) is 4. The number of carbonyl (C=O) groups excluding carboxylic acids is 1. The third kappa shape index (κ3) is 4.14. The number of benzene rings is 1. The zero-order valence-corrected chi connectivity index (χ0v) is 15.3. The van der Waals surface area contributed by atoms with Crippen molar-refractivity contribution in [1.82, 2.24) is 15.2 Å². The van der Waals surface area contributed by atoms with Crippen molar-refractivity contribution < 1.29 is 9.18 Å². The first-order chi connectivity index (χ1) is 13.7. The van der Waals surface area contributed by atoms with E-state index in [1.807, 2.05) is 24.3 Å². The number of hydrogen-bond donors (Lipinski definition) is 1. The molecule has 7 heteroatoms. The number of aromatic nitrogens is 3. The van der Waals surface area contributed by atoms with Gasteiger partial charge in [0, 0.05) is 36.7 Å². The number of piperidine rings is 1. The van der Waals surface area contributed by atoms with Gasteiger partial charge in [0.05, 0.1) is 11.6 Å². The zero-order chi connectivity index (χ0) is 19.3. The summed E-state index contributed by atoms with van der Waals surface area (Å²) in [5, 5.41) is 11.5. The van der Waals surface area contributed by atoms with Crippen LogP contribution in [-0.4, -0.2) is 34.2 Å². The van der Waals surface area contributed by atoms with Crippen LogP contribution in [0.15, 0.2) is 60.9 Å². The maximum Gasteiger partial charge on any atom is 0.229 e. The van der Waals surface area contributed by atoms with Crippen LogP contribution in [0.3, 0.4) is 0 Å². The highest BCUT2D eigenvalue weighted by Gasteiger charge is 2.27. The summed E-state index contributed by atoms with van der Waals surface area (Å²) in [6.07, 6.45) is 5.12. The molecule has 1 saturated heterocycles. The molecule has 6 nitrogen and oxygen atoms in total. The number of amides is 1. The molecule has 0 saturated carbocycles. The lowest BCUT2D eigenvalue weighted by molar-refractivity contribution is -0.120. The molecule has 1 aliphatic heterocycles. The molecule has 3 aromatic rings. The van der Waals surface area contributed by atoms with Gasteiger partial charge in [-0.2, -0.15) is 0 Å². The summed E-state index contributed by atoms with van der Waals surface area (Å²) in [5.74, 6) is 0.101. The van der Waals surface area contributed by atoms with Crippen LogP contribution in [0.1, 0.15) is 12.8 Å². The number of rotatable bonds is 4. The molecule has 0 aliphatic carbocycles. The van der Waals surface area contributed by atoms with Gasteiger partial charge in [0.25, 0.3) is 0 Å². The SMILES string of the molecule is O=C(Nc1cccc(F)c1)C1CCCN(c2ccc(-c3ccncc3)nn2)C1. The molecule has 1 fully saturated rings.